The summed E-state index contributed by atoms with van der Waals surface area (Å²) in [5, 5.41) is 13.5. The minimum Gasteiger partial charge on any atom is -0.508 e. The van der Waals surface area contributed by atoms with Crippen molar-refractivity contribution >= 4 is 12.1 Å². The van der Waals surface area contributed by atoms with E-state index in [9.17, 15) is 9.90 Å². The van der Waals surface area contributed by atoms with Gasteiger partial charge < -0.3 is 9.67 Å². The third-order valence-corrected chi connectivity index (χ3v) is 4.21. The number of rotatable bonds is 4. The number of hydrazone groups is 1. The molecule has 0 atom stereocenters. The molecule has 5 heteroatoms. The predicted molar refractivity (Wildman–Crippen MR) is 103 cm³/mol. The molecule has 0 spiro atoms. The van der Waals surface area contributed by atoms with Crippen LogP contribution in [-0.2, 0) is 0 Å². The summed E-state index contributed by atoms with van der Waals surface area (Å²) in [6.07, 6.45) is 1.63. The summed E-state index contributed by atoms with van der Waals surface area (Å²) in [5.74, 6) is -0.326. The summed E-state index contributed by atoms with van der Waals surface area (Å²) < 4.78 is 2.16. The zero-order valence-electron chi connectivity index (χ0n) is 15.0. The van der Waals surface area contributed by atoms with Gasteiger partial charge in [0.25, 0.3) is 5.91 Å². The number of nitrogens with zero attached hydrogens (tertiary/aromatic N) is 2. The highest BCUT2D eigenvalue weighted by Crippen LogP contribution is 2.20. The van der Waals surface area contributed by atoms with E-state index in [1.165, 1.54) is 17.7 Å². The Morgan fingerprint density at radius 1 is 1.08 bits per heavy atom. The molecule has 0 unspecified atom stereocenters. The number of hydrogen-bond acceptors (Lipinski definition) is 3. The molecule has 0 saturated heterocycles. The van der Waals surface area contributed by atoms with Gasteiger partial charge in [0.1, 0.15) is 5.75 Å². The van der Waals surface area contributed by atoms with Crippen molar-refractivity contribution < 1.29 is 9.90 Å². The number of phenolic OH excluding ortho intramolecular Hbond substituents is 1. The normalized spacial score (nSPS) is 11.0. The van der Waals surface area contributed by atoms with Crippen LogP contribution in [0.1, 0.15) is 32.9 Å². The van der Waals surface area contributed by atoms with Crippen molar-refractivity contribution in [3.05, 3.63) is 82.7 Å². The number of nitrogens with one attached hydrogen (secondary N) is 1. The van der Waals surface area contributed by atoms with Crippen LogP contribution in [0, 0.1) is 20.8 Å². The third-order valence-electron chi connectivity index (χ3n) is 4.21. The van der Waals surface area contributed by atoms with Gasteiger partial charge in [0.2, 0.25) is 0 Å². The average Bonchev–Trinajstić information content (AvgIpc) is 2.88. The molecule has 0 aliphatic rings. The zero-order chi connectivity index (χ0) is 18.7. The summed E-state index contributed by atoms with van der Waals surface area (Å²) in [5.41, 5.74) is 8.21. The number of carbonyl (C=O) groups is 1. The fourth-order valence-corrected chi connectivity index (χ4v) is 2.95. The van der Waals surface area contributed by atoms with Gasteiger partial charge in [-0.2, -0.15) is 5.10 Å². The Morgan fingerprint density at radius 3 is 2.58 bits per heavy atom. The molecule has 0 saturated carbocycles. The maximum Gasteiger partial charge on any atom is 0.271 e. The number of benzene rings is 2. The number of aromatic hydroxyl groups is 1. The Morgan fingerprint density at radius 2 is 1.85 bits per heavy atom. The van der Waals surface area contributed by atoms with Crippen molar-refractivity contribution in [3.63, 3.8) is 0 Å². The Hall–Kier alpha value is -3.34. The van der Waals surface area contributed by atoms with Crippen molar-refractivity contribution in [2.24, 2.45) is 5.10 Å². The Bertz CT molecular complexity index is 987. The Kier molecular flexibility index (Phi) is 4.89. The van der Waals surface area contributed by atoms with Crippen molar-refractivity contribution in [3.8, 4) is 11.4 Å². The number of aromatic nitrogens is 1. The maximum atomic E-state index is 12.1. The van der Waals surface area contributed by atoms with Crippen molar-refractivity contribution in [2.45, 2.75) is 20.8 Å². The fraction of sp³-hybridized carbons (Fsp3) is 0.143. The van der Waals surface area contributed by atoms with E-state index in [1.54, 1.807) is 18.3 Å². The summed E-state index contributed by atoms with van der Waals surface area (Å²) in [4.78, 5) is 12.1. The highest BCUT2D eigenvalue weighted by molar-refractivity contribution is 5.95. The van der Waals surface area contributed by atoms with Crippen LogP contribution in [0.3, 0.4) is 0 Å². The monoisotopic (exact) mass is 347 g/mol. The highest BCUT2D eigenvalue weighted by atomic mass is 16.3. The quantitative estimate of drug-likeness (QED) is 0.556. The first kappa shape index (κ1) is 17.5. The molecule has 5 nitrogen and oxygen atoms in total. The van der Waals surface area contributed by atoms with Crippen LogP contribution in [0.2, 0.25) is 0 Å². The van der Waals surface area contributed by atoms with E-state index in [4.69, 9.17) is 0 Å². The number of amides is 1. The van der Waals surface area contributed by atoms with Crippen molar-refractivity contribution in [1.29, 1.82) is 0 Å². The minimum absolute atomic E-state index is 0.0447. The van der Waals surface area contributed by atoms with Crippen LogP contribution < -0.4 is 5.43 Å². The van der Waals surface area contributed by atoms with E-state index < -0.39 is 0 Å². The first-order valence-electron chi connectivity index (χ1n) is 8.34. The molecule has 3 rings (SSSR count). The van der Waals surface area contributed by atoms with E-state index in [0.29, 0.717) is 5.56 Å². The van der Waals surface area contributed by atoms with Gasteiger partial charge in [-0.3, -0.25) is 4.79 Å². The average molecular weight is 347 g/mol. The summed E-state index contributed by atoms with van der Waals surface area (Å²) >= 11 is 0. The molecule has 0 aliphatic heterocycles. The summed E-state index contributed by atoms with van der Waals surface area (Å²) in [6.45, 7) is 6.13. The lowest BCUT2D eigenvalue weighted by Crippen LogP contribution is -2.17. The summed E-state index contributed by atoms with van der Waals surface area (Å²) in [6, 6.07) is 16.5. The van der Waals surface area contributed by atoms with Gasteiger partial charge in [-0.05, 0) is 62.7 Å². The smallest absolute Gasteiger partial charge is 0.271 e. The number of phenols is 1. The van der Waals surface area contributed by atoms with Crippen LogP contribution in [0.15, 0.2) is 59.7 Å². The molecule has 26 heavy (non-hydrogen) atoms. The lowest BCUT2D eigenvalue weighted by atomic mass is 10.2. The van der Waals surface area contributed by atoms with Gasteiger partial charge in [0.15, 0.2) is 0 Å². The molecule has 0 radical (unpaired) electrons. The standard InChI is InChI=1S/C21H21N3O2/c1-14-6-4-8-19(10-14)24-15(2)11-18(16(24)3)13-22-23-21(26)17-7-5-9-20(25)12-17/h4-13,25H,1-3H3,(H,23,26)/b22-13+. The number of carbonyl (C=O) groups excluding carboxylic acids is 1. The lowest BCUT2D eigenvalue weighted by molar-refractivity contribution is 0.0954. The molecule has 0 bridgehead atoms. The molecule has 3 aromatic rings. The second-order valence-electron chi connectivity index (χ2n) is 6.25. The first-order valence-corrected chi connectivity index (χ1v) is 8.34. The van der Waals surface area contributed by atoms with Crippen LogP contribution in [0.5, 0.6) is 5.75 Å². The van der Waals surface area contributed by atoms with Gasteiger partial charge in [0.05, 0.1) is 6.21 Å². The molecular formula is C21H21N3O2. The van der Waals surface area contributed by atoms with E-state index in [0.717, 1.165) is 22.6 Å². The number of hydrogen-bond donors (Lipinski definition) is 2. The van der Waals surface area contributed by atoms with Gasteiger partial charge in [0, 0.05) is 28.2 Å². The second kappa shape index (κ2) is 7.27. The molecule has 1 aromatic heterocycles. The largest absolute Gasteiger partial charge is 0.508 e. The van der Waals surface area contributed by atoms with Crippen LogP contribution in [-0.4, -0.2) is 21.8 Å². The predicted octanol–water partition coefficient (Wildman–Crippen LogP) is 3.87. The van der Waals surface area contributed by atoms with E-state index >= 15 is 0 Å². The molecule has 2 aromatic carbocycles. The second-order valence-corrected chi connectivity index (χ2v) is 6.25. The van der Waals surface area contributed by atoms with Crippen LogP contribution in [0.4, 0.5) is 0 Å². The molecule has 1 heterocycles. The molecule has 2 N–H and O–H groups in total. The molecule has 0 fully saturated rings. The SMILES string of the molecule is Cc1cccc(-n2c(C)cc(/C=N/NC(=O)c3cccc(O)c3)c2C)c1. The maximum absolute atomic E-state index is 12.1. The highest BCUT2D eigenvalue weighted by Gasteiger charge is 2.10. The van der Waals surface area contributed by atoms with Gasteiger partial charge in [-0.1, -0.05) is 18.2 Å². The molecule has 1 amide bonds. The zero-order valence-corrected chi connectivity index (χ0v) is 15.0. The first-order chi connectivity index (χ1) is 12.5. The molecular weight excluding hydrogens is 326 g/mol. The summed E-state index contributed by atoms with van der Waals surface area (Å²) in [7, 11) is 0. The molecule has 0 aliphatic carbocycles. The van der Waals surface area contributed by atoms with E-state index in [1.807, 2.05) is 26.0 Å². The van der Waals surface area contributed by atoms with Gasteiger partial charge in [-0.25, -0.2) is 5.43 Å². The molecule has 132 valence electrons. The minimum atomic E-state index is -0.371. The van der Waals surface area contributed by atoms with E-state index in [-0.39, 0.29) is 11.7 Å². The fourth-order valence-electron chi connectivity index (χ4n) is 2.95. The van der Waals surface area contributed by atoms with Crippen molar-refractivity contribution in [2.75, 3.05) is 0 Å². The Balaban J connectivity index is 1.79. The third kappa shape index (κ3) is 3.67. The van der Waals surface area contributed by atoms with Crippen LogP contribution >= 0.6 is 0 Å². The van der Waals surface area contributed by atoms with Gasteiger partial charge in [-0.15, -0.1) is 0 Å². The van der Waals surface area contributed by atoms with Crippen molar-refractivity contribution in [1.82, 2.24) is 9.99 Å². The number of aryl methyl sites for hydroxylation is 2. The van der Waals surface area contributed by atoms with E-state index in [2.05, 4.69) is 40.2 Å². The topological polar surface area (TPSA) is 66.6 Å². The van der Waals surface area contributed by atoms with Crippen LogP contribution in [0.25, 0.3) is 5.69 Å². The lowest BCUT2D eigenvalue weighted by Gasteiger charge is -2.10. The van der Waals surface area contributed by atoms with Gasteiger partial charge >= 0.3 is 0 Å². The Labute approximate surface area is 152 Å².